The largest absolute Gasteiger partial charge is 0.598 e. The predicted octanol–water partition coefficient (Wildman–Crippen LogP) is 3.00. The van der Waals surface area contributed by atoms with E-state index in [1.54, 1.807) is 0 Å². The Hall–Kier alpha value is -1.17. The quantitative estimate of drug-likeness (QED) is 0.463. The average Bonchev–Trinajstić information content (AvgIpc) is 3.54. The Morgan fingerprint density at radius 1 is 1.24 bits per heavy atom. The molecule has 178 valence electrons. The van der Waals surface area contributed by atoms with Gasteiger partial charge in [-0.25, -0.2) is 15.0 Å². The summed E-state index contributed by atoms with van der Waals surface area (Å²) >= 11 is 2.44. The lowest BCUT2D eigenvalue weighted by Gasteiger charge is -2.47. The van der Waals surface area contributed by atoms with Crippen LogP contribution in [0.15, 0.2) is 35.5 Å². The second-order valence-electron chi connectivity index (χ2n) is 10.9. The number of hydrazine groups is 1. The molecule has 6 rings (SSSR count). The topological polar surface area (TPSA) is 83.8 Å². The minimum Gasteiger partial charge on any atom is -0.598 e. The second kappa shape index (κ2) is 7.66. The molecule has 3 fully saturated rings. The molecule has 0 aromatic carbocycles. The van der Waals surface area contributed by atoms with E-state index in [4.69, 9.17) is 4.98 Å². The van der Waals surface area contributed by atoms with Gasteiger partial charge in [-0.05, 0) is 68.3 Å². The van der Waals surface area contributed by atoms with Crippen LogP contribution in [0, 0.1) is 11.3 Å². The summed E-state index contributed by atoms with van der Waals surface area (Å²) < 4.78 is 19.5. The number of hydrogen-bond donors (Lipinski definition) is 2. The van der Waals surface area contributed by atoms with E-state index in [2.05, 4.69) is 53.1 Å². The van der Waals surface area contributed by atoms with E-state index in [9.17, 15) is 4.55 Å². The standard InChI is InChI=1S/C23H32BrN7OS/c1-21(2,3)33(32)28-20-22(17-5-4-6-23(17)7-10-27-31(20)23)8-11-29(12-9-22)19-16-13-25-15-30(16)18(24)14-26-19/h4,6,13-15,17,20,27-28H,5,7-12H2,1-3H3/t17-,20+,23+,33?/m0/s1. The highest BCUT2D eigenvalue weighted by atomic mass is 79.9. The number of anilines is 1. The van der Waals surface area contributed by atoms with Crippen LogP contribution in [0.1, 0.15) is 46.5 Å². The molecule has 4 aliphatic rings. The highest BCUT2D eigenvalue weighted by Crippen LogP contribution is 2.62. The van der Waals surface area contributed by atoms with Crippen molar-refractivity contribution in [1.82, 2.24) is 29.5 Å². The Morgan fingerprint density at radius 2 is 2.03 bits per heavy atom. The number of fused-ring (bicyclic) bond motifs is 2. The summed E-state index contributed by atoms with van der Waals surface area (Å²) in [6.07, 6.45) is 14.7. The van der Waals surface area contributed by atoms with Gasteiger partial charge in [-0.1, -0.05) is 12.2 Å². The summed E-state index contributed by atoms with van der Waals surface area (Å²) in [6.45, 7) is 8.97. The zero-order chi connectivity index (χ0) is 23.0. The monoisotopic (exact) mass is 533 g/mol. The van der Waals surface area contributed by atoms with Gasteiger partial charge in [0.05, 0.1) is 17.9 Å². The fourth-order valence-corrected chi connectivity index (χ4v) is 7.99. The normalized spacial score (nSPS) is 32.1. The Morgan fingerprint density at radius 3 is 2.79 bits per heavy atom. The van der Waals surface area contributed by atoms with Crippen molar-refractivity contribution in [2.75, 3.05) is 24.5 Å². The highest BCUT2D eigenvalue weighted by Gasteiger charge is 2.69. The molecule has 2 aromatic rings. The summed E-state index contributed by atoms with van der Waals surface area (Å²) in [6, 6.07) is 0. The minimum atomic E-state index is -1.13. The van der Waals surface area contributed by atoms with Crippen molar-refractivity contribution >= 4 is 38.6 Å². The molecule has 10 heteroatoms. The van der Waals surface area contributed by atoms with E-state index in [-0.39, 0.29) is 21.9 Å². The molecular weight excluding hydrogens is 502 g/mol. The van der Waals surface area contributed by atoms with Crippen LogP contribution in [0.3, 0.4) is 0 Å². The maximum atomic E-state index is 13.3. The van der Waals surface area contributed by atoms with Gasteiger partial charge in [-0.3, -0.25) is 9.83 Å². The van der Waals surface area contributed by atoms with Crippen LogP contribution in [-0.4, -0.2) is 60.0 Å². The number of hydrogen-bond acceptors (Lipinski definition) is 7. The number of allylic oxidation sites excluding steroid dienone is 1. The molecule has 2 aromatic heterocycles. The molecule has 1 unspecified atom stereocenters. The summed E-state index contributed by atoms with van der Waals surface area (Å²) in [5.74, 6) is 1.52. The van der Waals surface area contributed by atoms with Crippen LogP contribution < -0.4 is 15.0 Å². The maximum absolute atomic E-state index is 13.3. The van der Waals surface area contributed by atoms with Crippen LogP contribution in [0.5, 0.6) is 0 Å². The lowest BCUT2D eigenvalue weighted by atomic mass is 9.64. The van der Waals surface area contributed by atoms with E-state index in [1.807, 2.05) is 43.9 Å². The van der Waals surface area contributed by atoms with Gasteiger partial charge in [0.2, 0.25) is 0 Å². The van der Waals surface area contributed by atoms with Crippen molar-refractivity contribution in [2.24, 2.45) is 11.3 Å². The van der Waals surface area contributed by atoms with E-state index < -0.39 is 11.4 Å². The van der Waals surface area contributed by atoms with Gasteiger partial charge in [0.25, 0.3) is 0 Å². The minimum absolute atomic E-state index is 0.0382. The van der Waals surface area contributed by atoms with Crippen LogP contribution >= 0.6 is 15.9 Å². The number of imidazole rings is 1. The number of halogens is 1. The number of nitrogens with one attached hydrogen (secondary N) is 2. The molecule has 2 spiro atoms. The molecule has 1 aliphatic carbocycles. The summed E-state index contributed by atoms with van der Waals surface area (Å²) in [7, 11) is 0. The molecule has 33 heavy (non-hydrogen) atoms. The van der Waals surface area contributed by atoms with E-state index >= 15 is 0 Å². The third kappa shape index (κ3) is 3.18. The second-order valence-corrected chi connectivity index (χ2v) is 13.7. The Bertz CT molecular complexity index is 1090. The molecule has 5 heterocycles. The Balaban J connectivity index is 1.32. The van der Waals surface area contributed by atoms with Crippen molar-refractivity contribution in [3.63, 3.8) is 0 Å². The molecule has 0 radical (unpaired) electrons. The fourth-order valence-electron chi connectivity index (χ4n) is 6.71. The van der Waals surface area contributed by atoms with Gasteiger partial charge in [0.1, 0.15) is 27.4 Å². The van der Waals surface area contributed by atoms with Crippen LogP contribution in [0.4, 0.5) is 5.82 Å². The van der Waals surface area contributed by atoms with E-state index in [0.29, 0.717) is 5.92 Å². The lowest BCUT2D eigenvalue weighted by Crippen LogP contribution is -2.61. The first-order valence-corrected chi connectivity index (χ1v) is 13.8. The number of piperidine rings is 1. The molecule has 3 aliphatic heterocycles. The summed E-state index contributed by atoms with van der Waals surface area (Å²) in [5.41, 5.74) is 4.79. The molecule has 8 nitrogen and oxygen atoms in total. The predicted molar refractivity (Wildman–Crippen MR) is 134 cm³/mol. The zero-order valence-electron chi connectivity index (χ0n) is 19.4. The van der Waals surface area contributed by atoms with Crippen LogP contribution in [0.2, 0.25) is 0 Å². The van der Waals surface area contributed by atoms with Gasteiger partial charge in [-0.15, -0.1) is 4.72 Å². The summed E-state index contributed by atoms with van der Waals surface area (Å²) in [4.78, 5) is 11.5. The summed E-state index contributed by atoms with van der Waals surface area (Å²) in [5, 5.41) is 2.44. The van der Waals surface area contributed by atoms with E-state index in [0.717, 1.165) is 61.3 Å². The molecule has 0 amide bonds. The maximum Gasteiger partial charge on any atom is 0.154 e. The third-order valence-corrected chi connectivity index (χ3v) is 10.4. The van der Waals surface area contributed by atoms with Crippen LogP contribution in [-0.2, 0) is 11.4 Å². The Kier molecular flexibility index (Phi) is 5.18. The molecule has 0 saturated carbocycles. The lowest BCUT2D eigenvalue weighted by molar-refractivity contribution is 0.0650. The van der Waals surface area contributed by atoms with Gasteiger partial charge in [-0.2, -0.15) is 0 Å². The number of aromatic nitrogens is 3. The average molecular weight is 535 g/mol. The molecule has 2 N–H and O–H groups in total. The molecule has 0 bridgehead atoms. The molecule has 3 saturated heterocycles. The molecule has 4 atom stereocenters. The van der Waals surface area contributed by atoms with Crippen molar-refractivity contribution < 1.29 is 4.55 Å². The first kappa shape index (κ1) is 22.3. The van der Waals surface area contributed by atoms with E-state index in [1.165, 1.54) is 0 Å². The van der Waals surface area contributed by atoms with Gasteiger partial charge < -0.3 is 9.45 Å². The van der Waals surface area contributed by atoms with Crippen molar-refractivity contribution in [1.29, 1.82) is 0 Å². The van der Waals surface area contributed by atoms with Crippen molar-refractivity contribution in [2.45, 2.75) is 62.9 Å². The third-order valence-electron chi connectivity index (χ3n) is 8.29. The first-order valence-electron chi connectivity index (χ1n) is 11.9. The fraction of sp³-hybridized carbons (Fsp3) is 0.652. The first-order chi connectivity index (χ1) is 15.8. The van der Waals surface area contributed by atoms with Crippen LogP contribution in [0.25, 0.3) is 5.52 Å². The highest BCUT2D eigenvalue weighted by molar-refractivity contribution is 9.10. The molecular formula is C23H32BrN7OS. The van der Waals surface area contributed by atoms with Crippen molar-refractivity contribution in [3.05, 3.63) is 35.5 Å². The van der Waals surface area contributed by atoms with Gasteiger partial charge >= 0.3 is 0 Å². The smallest absolute Gasteiger partial charge is 0.154 e. The van der Waals surface area contributed by atoms with Crippen molar-refractivity contribution in [3.8, 4) is 0 Å². The van der Waals surface area contributed by atoms with Gasteiger partial charge in [0.15, 0.2) is 5.82 Å². The van der Waals surface area contributed by atoms with Gasteiger partial charge in [0, 0.05) is 36.4 Å². The number of rotatable bonds is 3. The SMILES string of the molecule is CC(C)(C)[S+]([O-])N[C@@H]1N2NCC[C@@]23C=CC[C@H]3C12CCN(c1ncc(Br)n3cncc13)CC2. The zero-order valence-corrected chi connectivity index (χ0v) is 21.8. The number of nitrogens with zero attached hydrogens (tertiary/aromatic N) is 5. The Labute approximate surface area is 206 Å².